The minimum atomic E-state index is -0.504. The van der Waals surface area contributed by atoms with Gasteiger partial charge in [0.15, 0.2) is 5.79 Å². The summed E-state index contributed by atoms with van der Waals surface area (Å²) in [5, 5.41) is 0. The molecule has 0 atom stereocenters. The highest BCUT2D eigenvalue weighted by Gasteiger charge is 2.43. The van der Waals surface area contributed by atoms with Crippen LogP contribution in [0.5, 0.6) is 0 Å². The zero-order valence-corrected chi connectivity index (χ0v) is 13.7. The van der Waals surface area contributed by atoms with E-state index in [2.05, 4.69) is 31.2 Å². The third-order valence-corrected chi connectivity index (χ3v) is 4.93. The Labute approximate surface area is 132 Å². The zero-order valence-electron chi connectivity index (χ0n) is 13.7. The van der Waals surface area contributed by atoms with Crippen LogP contribution in [0.2, 0.25) is 0 Å². The molecule has 1 aromatic rings. The Morgan fingerprint density at radius 2 is 1.64 bits per heavy atom. The van der Waals surface area contributed by atoms with Gasteiger partial charge in [-0.3, -0.25) is 4.79 Å². The van der Waals surface area contributed by atoms with Crippen molar-refractivity contribution in [2.45, 2.75) is 44.8 Å². The number of carbonyl (C=O) groups excluding carboxylic acids is 1. The molecule has 1 aromatic carbocycles. The summed E-state index contributed by atoms with van der Waals surface area (Å²) in [7, 11) is 0. The lowest BCUT2D eigenvalue weighted by atomic mass is 9.82. The van der Waals surface area contributed by atoms with Crippen LogP contribution in [0.1, 0.15) is 37.8 Å². The summed E-state index contributed by atoms with van der Waals surface area (Å²) in [4.78, 5) is 14.9. The van der Waals surface area contributed by atoms with Gasteiger partial charge in [0.05, 0.1) is 18.6 Å². The van der Waals surface area contributed by atoms with Gasteiger partial charge in [0.2, 0.25) is 5.91 Å². The molecule has 1 amide bonds. The van der Waals surface area contributed by atoms with Crippen LogP contribution in [0.25, 0.3) is 0 Å². The Kier molecular flexibility index (Phi) is 4.00. The largest absolute Gasteiger partial charge is 0.347 e. The van der Waals surface area contributed by atoms with Gasteiger partial charge in [-0.15, -0.1) is 0 Å². The monoisotopic (exact) mass is 303 g/mol. The summed E-state index contributed by atoms with van der Waals surface area (Å²) in [5.74, 6) is -0.241. The molecule has 0 aliphatic carbocycles. The molecule has 2 saturated heterocycles. The number of rotatable bonds is 2. The first-order valence-electron chi connectivity index (χ1n) is 8.07. The molecule has 0 N–H and O–H groups in total. The van der Waals surface area contributed by atoms with Crippen LogP contribution >= 0.6 is 0 Å². The Bertz CT molecular complexity index is 534. The summed E-state index contributed by atoms with van der Waals surface area (Å²) in [5.41, 5.74) is 1.77. The summed E-state index contributed by atoms with van der Waals surface area (Å²) in [6.45, 7) is 8.82. The highest BCUT2D eigenvalue weighted by molar-refractivity contribution is 5.87. The second-order valence-electron chi connectivity index (χ2n) is 6.89. The molecule has 0 radical (unpaired) electrons. The normalized spacial score (nSPS) is 21.3. The number of ether oxygens (including phenoxy) is 2. The summed E-state index contributed by atoms with van der Waals surface area (Å²) < 4.78 is 11.5. The van der Waals surface area contributed by atoms with Gasteiger partial charge in [0.25, 0.3) is 0 Å². The smallest absolute Gasteiger partial charge is 0.232 e. The highest BCUT2D eigenvalue weighted by Crippen LogP contribution is 2.34. The molecule has 120 valence electrons. The number of piperidine rings is 1. The van der Waals surface area contributed by atoms with Crippen molar-refractivity contribution >= 4 is 5.91 Å². The van der Waals surface area contributed by atoms with Crippen LogP contribution in [0.3, 0.4) is 0 Å². The molecule has 2 aliphatic heterocycles. The molecule has 2 heterocycles. The lowest BCUT2D eigenvalue weighted by Crippen LogP contribution is -2.51. The van der Waals surface area contributed by atoms with Gasteiger partial charge in [-0.25, -0.2) is 0 Å². The van der Waals surface area contributed by atoms with Crippen LogP contribution < -0.4 is 0 Å². The van der Waals surface area contributed by atoms with E-state index >= 15 is 0 Å². The molecule has 0 saturated carbocycles. The van der Waals surface area contributed by atoms with Crippen molar-refractivity contribution in [3.8, 4) is 0 Å². The van der Waals surface area contributed by atoms with Gasteiger partial charge in [-0.1, -0.05) is 29.8 Å². The molecular formula is C18H25NO3. The SMILES string of the molecule is Cc1ccc(C(C)(C)C(=O)N2CCC3(CC2)OCCO3)cc1. The fraction of sp³-hybridized carbons (Fsp3) is 0.611. The van der Waals surface area contributed by atoms with Gasteiger partial charge < -0.3 is 14.4 Å². The third kappa shape index (κ3) is 2.77. The van der Waals surface area contributed by atoms with E-state index < -0.39 is 11.2 Å². The third-order valence-electron chi connectivity index (χ3n) is 4.93. The second kappa shape index (κ2) is 5.67. The molecule has 1 spiro atoms. The van der Waals surface area contributed by atoms with E-state index in [1.165, 1.54) is 5.56 Å². The average molecular weight is 303 g/mol. The minimum absolute atomic E-state index is 0.184. The number of carbonyl (C=O) groups is 1. The molecule has 0 unspecified atom stereocenters. The first-order valence-corrected chi connectivity index (χ1v) is 8.07. The van der Waals surface area contributed by atoms with Gasteiger partial charge in [-0.05, 0) is 26.3 Å². The first kappa shape index (κ1) is 15.5. The van der Waals surface area contributed by atoms with Crippen LogP contribution in [-0.2, 0) is 19.7 Å². The number of nitrogens with zero attached hydrogens (tertiary/aromatic N) is 1. The van der Waals surface area contributed by atoms with E-state index in [9.17, 15) is 4.79 Å². The maximum atomic E-state index is 13.0. The Morgan fingerprint density at radius 1 is 1.09 bits per heavy atom. The van der Waals surface area contributed by atoms with E-state index in [1.807, 2.05) is 18.7 Å². The molecule has 0 aromatic heterocycles. The van der Waals surface area contributed by atoms with E-state index in [1.54, 1.807) is 0 Å². The fourth-order valence-corrected chi connectivity index (χ4v) is 3.33. The Hall–Kier alpha value is -1.39. The lowest BCUT2D eigenvalue weighted by molar-refractivity contribution is -0.188. The molecule has 2 aliphatic rings. The second-order valence-corrected chi connectivity index (χ2v) is 6.89. The van der Waals surface area contributed by atoms with Crippen molar-refractivity contribution in [1.82, 2.24) is 4.90 Å². The Morgan fingerprint density at radius 3 is 2.18 bits per heavy atom. The Balaban J connectivity index is 1.69. The molecule has 4 heteroatoms. The van der Waals surface area contributed by atoms with Crippen molar-refractivity contribution in [1.29, 1.82) is 0 Å². The summed E-state index contributed by atoms with van der Waals surface area (Å²) in [6, 6.07) is 8.25. The quantitative estimate of drug-likeness (QED) is 0.843. The maximum Gasteiger partial charge on any atom is 0.232 e. The molecule has 3 rings (SSSR count). The predicted octanol–water partition coefficient (Wildman–Crippen LogP) is 2.64. The van der Waals surface area contributed by atoms with E-state index in [0.717, 1.165) is 18.4 Å². The van der Waals surface area contributed by atoms with Crippen LogP contribution in [0.15, 0.2) is 24.3 Å². The molecule has 22 heavy (non-hydrogen) atoms. The lowest BCUT2D eigenvalue weighted by Gasteiger charge is -2.40. The number of amides is 1. The number of likely N-dealkylation sites (tertiary alicyclic amines) is 1. The van der Waals surface area contributed by atoms with Crippen LogP contribution in [0, 0.1) is 6.92 Å². The van der Waals surface area contributed by atoms with E-state index in [-0.39, 0.29) is 5.91 Å². The number of hydrogen-bond donors (Lipinski definition) is 0. The van der Waals surface area contributed by atoms with Crippen molar-refractivity contribution < 1.29 is 14.3 Å². The highest BCUT2D eigenvalue weighted by atomic mass is 16.7. The predicted molar refractivity (Wildman–Crippen MR) is 84.7 cm³/mol. The van der Waals surface area contributed by atoms with Gasteiger partial charge >= 0.3 is 0 Å². The molecule has 0 bridgehead atoms. The molecule has 2 fully saturated rings. The van der Waals surface area contributed by atoms with E-state index in [4.69, 9.17) is 9.47 Å². The van der Waals surface area contributed by atoms with Gasteiger partial charge in [0, 0.05) is 25.9 Å². The van der Waals surface area contributed by atoms with Gasteiger partial charge in [0.1, 0.15) is 0 Å². The number of aryl methyl sites for hydroxylation is 1. The molecular weight excluding hydrogens is 278 g/mol. The van der Waals surface area contributed by atoms with Crippen LogP contribution in [0.4, 0.5) is 0 Å². The number of benzene rings is 1. The van der Waals surface area contributed by atoms with E-state index in [0.29, 0.717) is 26.3 Å². The van der Waals surface area contributed by atoms with Crippen molar-refractivity contribution in [3.05, 3.63) is 35.4 Å². The summed E-state index contributed by atoms with van der Waals surface area (Å²) >= 11 is 0. The topological polar surface area (TPSA) is 38.8 Å². The minimum Gasteiger partial charge on any atom is -0.347 e. The zero-order chi connectivity index (χ0) is 15.8. The first-order chi connectivity index (χ1) is 10.4. The van der Waals surface area contributed by atoms with Crippen molar-refractivity contribution in [2.24, 2.45) is 0 Å². The van der Waals surface area contributed by atoms with Crippen LogP contribution in [-0.4, -0.2) is 42.9 Å². The molecule has 4 nitrogen and oxygen atoms in total. The van der Waals surface area contributed by atoms with Gasteiger partial charge in [-0.2, -0.15) is 0 Å². The van der Waals surface area contributed by atoms with Crippen molar-refractivity contribution in [2.75, 3.05) is 26.3 Å². The van der Waals surface area contributed by atoms with Crippen molar-refractivity contribution in [3.63, 3.8) is 0 Å². The average Bonchev–Trinajstić information content (AvgIpc) is 2.96. The number of hydrogen-bond acceptors (Lipinski definition) is 3. The maximum absolute atomic E-state index is 13.0. The fourth-order valence-electron chi connectivity index (χ4n) is 3.33. The summed E-state index contributed by atoms with van der Waals surface area (Å²) in [6.07, 6.45) is 1.53. The standard InChI is InChI=1S/C18H25NO3/c1-14-4-6-15(7-5-14)17(2,3)16(20)19-10-8-18(9-11-19)21-12-13-22-18/h4-7H,8-13H2,1-3H3.